The fourth-order valence-corrected chi connectivity index (χ4v) is 2.46. The number of nitrogens with zero attached hydrogens (tertiary/aromatic N) is 1. The lowest BCUT2D eigenvalue weighted by atomic mass is 10.1. The van der Waals surface area contributed by atoms with E-state index in [9.17, 15) is 0 Å². The number of rotatable bonds is 5. The second-order valence-corrected chi connectivity index (χ2v) is 5.01. The maximum Gasteiger partial charge on any atom is 0.0713 e. The van der Waals surface area contributed by atoms with Crippen molar-refractivity contribution in [2.45, 2.75) is 13.2 Å². The van der Waals surface area contributed by atoms with Crippen LogP contribution >= 0.6 is 0 Å². The molecule has 0 unspecified atom stereocenters. The van der Waals surface area contributed by atoms with Gasteiger partial charge in [0.2, 0.25) is 0 Å². The molecule has 3 nitrogen and oxygen atoms in total. The molecule has 0 aliphatic carbocycles. The second kappa shape index (κ2) is 6.37. The van der Waals surface area contributed by atoms with Gasteiger partial charge < -0.3 is 10.1 Å². The number of hydrogen-bond acceptors (Lipinski definition) is 3. The number of hydrogen-bond donors (Lipinski definition) is 1. The standard InChI is InChI=1S/C18H18N2O/c1-21-13-15-5-2-4-14(10-15)11-20-18-7-3-6-16-8-9-19-12-17(16)18/h2-10,12,20H,11,13H2,1H3. The van der Waals surface area contributed by atoms with Crippen LogP contribution in [0.15, 0.2) is 60.9 Å². The minimum atomic E-state index is 0.645. The van der Waals surface area contributed by atoms with Crippen LogP contribution in [0.4, 0.5) is 5.69 Å². The van der Waals surface area contributed by atoms with Gasteiger partial charge >= 0.3 is 0 Å². The van der Waals surface area contributed by atoms with Gasteiger partial charge in [-0.1, -0.05) is 36.4 Å². The number of fused-ring (bicyclic) bond motifs is 1. The van der Waals surface area contributed by atoms with E-state index in [1.165, 1.54) is 16.5 Å². The van der Waals surface area contributed by atoms with Crippen LogP contribution < -0.4 is 5.32 Å². The van der Waals surface area contributed by atoms with Gasteiger partial charge in [0.05, 0.1) is 6.61 Å². The molecule has 2 aromatic carbocycles. The van der Waals surface area contributed by atoms with E-state index < -0.39 is 0 Å². The molecule has 0 saturated heterocycles. The first-order valence-corrected chi connectivity index (χ1v) is 7.00. The highest BCUT2D eigenvalue weighted by molar-refractivity contribution is 5.93. The molecular formula is C18H18N2O. The Bertz CT molecular complexity index is 735. The van der Waals surface area contributed by atoms with Gasteiger partial charge in [0.15, 0.2) is 0 Å². The third-order valence-corrected chi connectivity index (χ3v) is 3.47. The van der Waals surface area contributed by atoms with Gasteiger partial charge in [-0.3, -0.25) is 4.98 Å². The van der Waals surface area contributed by atoms with Crippen molar-refractivity contribution in [3.63, 3.8) is 0 Å². The molecule has 0 fully saturated rings. The molecule has 0 aliphatic heterocycles. The summed E-state index contributed by atoms with van der Waals surface area (Å²) in [6.45, 7) is 1.43. The molecule has 0 amide bonds. The molecule has 3 rings (SSSR count). The number of anilines is 1. The van der Waals surface area contributed by atoms with Crippen molar-refractivity contribution in [2.24, 2.45) is 0 Å². The van der Waals surface area contributed by atoms with Crippen LogP contribution in [0.5, 0.6) is 0 Å². The summed E-state index contributed by atoms with van der Waals surface area (Å²) < 4.78 is 5.17. The van der Waals surface area contributed by atoms with E-state index in [1.807, 2.05) is 18.5 Å². The highest BCUT2D eigenvalue weighted by Crippen LogP contribution is 2.22. The highest BCUT2D eigenvalue weighted by atomic mass is 16.5. The molecule has 106 valence electrons. The molecular weight excluding hydrogens is 260 g/mol. The first-order valence-electron chi connectivity index (χ1n) is 7.00. The quantitative estimate of drug-likeness (QED) is 0.766. The number of pyridine rings is 1. The molecule has 0 aliphatic rings. The summed E-state index contributed by atoms with van der Waals surface area (Å²) in [7, 11) is 1.72. The summed E-state index contributed by atoms with van der Waals surface area (Å²) in [5.41, 5.74) is 3.54. The molecule has 0 saturated carbocycles. The van der Waals surface area contributed by atoms with Gasteiger partial charge in [-0.05, 0) is 28.6 Å². The average molecular weight is 278 g/mol. The van der Waals surface area contributed by atoms with Gasteiger partial charge in [0, 0.05) is 37.1 Å². The fourth-order valence-electron chi connectivity index (χ4n) is 2.46. The Labute approximate surface area is 124 Å². The summed E-state index contributed by atoms with van der Waals surface area (Å²) in [6.07, 6.45) is 3.72. The zero-order chi connectivity index (χ0) is 14.5. The summed E-state index contributed by atoms with van der Waals surface area (Å²) >= 11 is 0. The molecule has 0 atom stereocenters. The molecule has 0 spiro atoms. The number of methoxy groups -OCH3 is 1. The van der Waals surface area contributed by atoms with Crippen LogP contribution in [0, 0.1) is 0 Å². The van der Waals surface area contributed by atoms with Crippen molar-refractivity contribution in [3.05, 3.63) is 72.1 Å². The topological polar surface area (TPSA) is 34.1 Å². The largest absolute Gasteiger partial charge is 0.380 e. The SMILES string of the molecule is COCc1cccc(CNc2cccc3ccncc23)c1. The van der Waals surface area contributed by atoms with Crippen molar-refractivity contribution in [2.75, 3.05) is 12.4 Å². The second-order valence-electron chi connectivity index (χ2n) is 5.01. The maximum atomic E-state index is 5.17. The highest BCUT2D eigenvalue weighted by Gasteiger charge is 2.01. The minimum absolute atomic E-state index is 0.645. The van der Waals surface area contributed by atoms with Crippen LogP contribution in [-0.2, 0) is 17.9 Å². The van der Waals surface area contributed by atoms with Crippen LogP contribution in [0.2, 0.25) is 0 Å². The van der Waals surface area contributed by atoms with Crippen molar-refractivity contribution >= 4 is 16.5 Å². The van der Waals surface area contributed by atoms with E-state index in [1.54, 1.807) is 7.11 Å². The normalized spacial score (nSPS) is 10.7. The van der Waals surface area contributed by atoms with Crippen LogP contribution in [-0.4, -0.2) is 12.1 Å². The zero-order valence-electron chi connectivity index (χ0n) is 12.0. The van der Waals surface area contributed by atoms with E-state index in [2.05, 4.69) is 52.8 Å². The predicted octanol–water partition coefficient (Wildman–Crippen LogP) is 3.99. The van der Waals surface area contributed by atoms with Crippen molar-refractivity contribution < 1.29 is 4.74 Å². The maximum absolute atomic E-state index is 5.17. The van der Waals surface area contributed by atoms with Gasteiger partial charge in [0.25, 0.3) is 0 Å². The summed E-state index contributed by atoms with van der Waals surface area (Å²) in [4.78, 5) is 4.21. The molecule has 1 heterocycles. The molecule has 1 N–H and O–H groups in total. The number of nitrogens with one attached hydrogen (secondary N) is 1. The van der Waals surface area contributed by atoms with Gasteiger partial charge in [-0.15, -0.1) is 0 Å². The molecule has 3 aromatic rings. The van der Waals surface area contributed by atoms with E-state index in [-0.39, 0.29) is 0 Å². The zero-order valence-corrected chi connectivity index (χ0v) is 12.0. The first kappa shape index (κ1) is 13.6. The van der Waals surface area contributed by atoms with Crippen LogP contribution in [0.25, 0.3) is 10.8 Å². The Balaban J connectivity index is 1.79. The average Bonchev–Trinajstić information content (AvgIpc) is 2.53. The number of ether oxygens (including phenoxy) is 1. The third kappa shape index (κ3) is 3.20. The molecule has 3 heteroatoms. The Morgan fingerprint density at radius 3 is 2.81 bits per heavy atom. The fraction of sp³-hybridized carbons (Fsp3) is 0.167. The lowest BCUT2D eigenvalue weighted by Gasteiger charge is -2.10. The van der Waals surface area contributed by atoms with E-state index in [4.69, 9.17) is 4.74 Å². The Morgan fingerprint density at radius 1 is 1.05 bits per heavy atom. The van der Waals surface area contributed by atoms with Gasteiger partial charge in [0.1, 0.15) is 0 Å². The van der Waals surface area contributed by atoms with Gasteiger partial charge in [-0.2, -0.15) is 0 Å². The molecule has 21 heavy (non-hydrogen) atoms. The lowest BCUT2D eigenvalue weighted by Crippen LogP contribution is -2.01. The predicted molar refractivity (Wildman–Crippen MR) is 86.2 cm³/mol. The number of benzene rings is 2. The van der Waals surface area contributed by atoms with Crippen LogP contribution in [0.1, 0.15) is 11.1 Å². The Hall–Kier alpha value is -2.39. The van der Waals surface area contributed by atoms with Crippen molar-refractivity contribution in [1.29, 1.82) is 0 Å². The molecule has 0 bridgehead atoms. The summed E-state index contributed by atoms with van der Waals surface area (Å²) in [6, 6.07) is 16.7. The first-order chi connectivity index (χ1) is 10.4. The van der Waals surface area contributed by atoms with Crippen molar-refractivity contribution in [3.8, 4) is 0 Å². The third-order valence-electron chi connectivity index (χ3n) is 3.47. The van der Waals surface area contributed by atoms with Crippen LogP contribution in [0.3, 0.4) is 0 Å². The van der Waals surface area contributed by atoms with E-state index in [0.717, 1.165) is 17.6 Å². The molecule has 0 radical (unpaired) electrons. The van der Waals surface area contributed by atoms with Crippen molar-refractivity contribution in [1.82, 2.24) is 4.98 Å². The van der Waals surface area contributed by atoms with E-state index in [0.29, 0.717) is 6.61 Å². The number of aromatic nitrogens is 1. The monoisotopic (exact) mass is 278 g/mol. The minimum Gasteiger partial charge on any atom is -0.380 e. The van der Waals surface area contributed by atoms with Gasteiger partial charge in [-0.25, -0.2) is 0 Å². The summed E-state index contributed by atoms with van der Waals surface area (Å²) in [5, 5.41) is 5.84. The summed E-state index contributed by atoms with van der Waals surface area (Å²) in [5.74, 6) is 0. The lowest BCUT2D eigenvalue weighted by molar-refractivity contribution is 0.185. The smallest absolute Gasteiger partial charge is 0.0713 e. The molecule has 1 aromatic heterocycles. The Morgan fingerprint density at radius 2 is 1.90 bits per heavy atom. The Kier molecular flexibility index (Phi) is 4.12. The van der Waals surface area contributed by atoms with E-state index >= 15 is 0 Å².